The molecule has 3 aromatic rings. The molecular formula is C39H53N3O9. The maximum Gasteiger partial charge on any atom is 0.338 e. The predicted octanol–water partition coefficient (Wildman–Crippen LogP) is 4.99. The summed E-state index contributed by atoms with van der Waals surface area (Å²) in [6, 6.07) is 9.68. The largest absolute Gasteiger partial charge is 0.497 e. The molecule has 2 aromatic carbocycles. The van der Waals surface area contributed by atoms with E-state index in [-0.39, 0.29) is 29.4 Å². The number of ether oxygens (including phenoxy) is 7. The van der Waals surface area contributed by atoms with E-state index < -0.39 is 24.1 Å². The average Bonchev–Trinajstić information content (AvgIpc) is 3.48. The number of methoxy groups -OCH3 is 6. The number of carbonyl (C=O) groups is 2. The topological polar surface area (TPSA) is 110 Å². The zero-order chi connectivity index (χ0) is 36.4. The molecule has 6 rings (SSSR count). The van der Waals surface area contributed by atoms with Crippen LogP contribution in [0.25, 0.3) is 10.9 Å². The van der Waals surface area contributed by atoms with Crippen molar-refractivity contribution in [2.75, 3.05) is 75.4 Å². The Hall–Kier alpha value is -4.00. The lowest BCUT2D eigenvalue weighted by atomic mass is 9.63. The number of esters is 2. The van der Waals surface area contributed by atoms with Gasteiger partial charge in [-0.15, -0.1) is 0 Å². The lowest BCUT2D eigenvalue weighted by Crippen LogP contribution is -2.58. The first-order valence-corrected chi connectivity index (χ1v) is 18.0. The first kappa shape index (κ1) is 36.8. The molecule has 0 bridgehead atoms. The van der Waals surface area contributed by atoms with E-state index in [1.54, 1.807) is 26.4 Å². The van der Waals surface area contributed by atoms with E-state index in [0.717, 1.165) is 57.9 Å². The Bertz CT molecular complexity index is 1690. The minimum absolute atomic E-state index is 0.0329. The summed E-state index contributed by atoms with van der Waals surface area (Å²) in [6.45, 7) is 9.88. The van der Waals surface area contributed by atoms with Gasteiger partial charge in [0.25, 0.3) is 0 Å². The van der Waals surface area contributed by atoms with E-state index in [1.807, 2.05) is 0 Å². The molecule has 12 heteroatoms. The molecule has 2 aliphatic heterocycles. The molecule has 0 spiro atoms. The van der Waals surface area contributed by atoms with E-state index in [2.05, 4.69) is 46.4 Å². The van der Waals surface area contributed by atoms with Crippen LogP contribution < -0.4 is 18.9 Å². The fourth-order valence-electron chi connectivity index (χ4n) is 9.02. The highest BCUT2D eigenvalue weighted by atomic mass is 16.6. The summed E-state index contributed by atoms with van der Waals surface area (Å²) >= 11 is 0. The fraction of sp³-hybridized carbons (Fsp3) is 0.590. The Morgan fingerprint density at radius 1 is 0.902 bits per heavy atom. The Kier molecular flexibility index (Phi) is 11.3. The number of benzene rings is 2. The summed E-state index contributed by atoms with van der Waals surface area (Å²) in [7, 11) is 9.21. The number of rotatable bonds is 13. The van der Waals surface area contributed by atoms with Gasteiger partial charge in [-0.05, 0) is 74.0 Å². The lowest BCUT2D eigenvalue weighted by Gasteiger charge is -2.53. The first-order chi connectivity index (χ1) is 24.7. The predicted molar refractivity (Wildman–Crippen MR) is 192 cm³/mol. The van der Waals surface area contributed by atoms with Crippen molar-refractivity contribution in [2.45, 2.75) is 57.9 Å². The van der Waals surface area contributed by atoms with Crippen LogP contribution in [0, 0.1) is 17.8 Å². The maximum absolute atomic E-state index is 13.7. The third-order valence-corrected chi connectivity index (χ3v) is 11.6. The molecule has 6 atom stereocenters. The molecule has 1 aliphatic carbocycles. The van der Waals surface area contributed by atoms with Gasteiger partial charge < -0.3 is 42.6 Å². The minimum atomic E-state index is -0.683. The molecule has 278 valence electrons. The summed E-state index contributed by atoms with van der Waals surface area (Å²) in [5.41, 5.74) is 4.16. The Morgan fingerprint density at radius 2 is 1.63 bits per heavy atom. The van der Waals surface area contributed by atoms with Gasteiger partial charge in [0.1, 0.15) is 18.0 Å². The van der Waals surface area contributed by atoms with Crippen molar-refractivity contribution < 1.29 is 42.7 Å². The zero-order valence-electron chi connectivity index (χ0n) is 31.2. The van der Waals surface area contributed by atoms with Crippen molar-refractivity contribution >= 4 is 22.8 Å². The van der Waals surface area contributed by atoms with Gasteiger partial charge in [0.15, 0.2) is 11.5 Å². The number of hydrogen-bond acceptors (Lipinski definition) is 11. The van der Waals surface area contributed by atoms with Gasteiger partial charge in [-0.1, -0.05) is 13.8 Å². The zero-order valence-corrected chi connectivity index (χ0v) is 31.2. The van der Waals surface area contributed by atoms with Crippen LogP contribution in [0.5, 0.6) is 23.0 Å². The van der Waals surface area contributed by atoms with Crippen LogP contribution in [0.2, 0.25) is 0 Å². The molecule has 0 unspecified atom stereocenters. The second kappa shape index (κ2) is 15.7. The molecule has 1 saturated heterocycles. The summed E-state index contributed by atoms with van der Waals surface area (Å²) in [5.74, 6) is 0.449. The maximum atomic E-state index is 13.7. The van der Waals surface area contributed by atoms with Gasteiger partial charge in [0.05, 0.1) is 58.6 Å². The van der Waals surface area contributed by atoms with Crippen LogP contribution in [-0.4, -0.2) is 114 Å². The van der Waals surface area contributed by atoms with Crippen molar-refractivity contribution in [1.29, 1.82) is 0 Å². The summed E-state index contributed by atoms with van der Waals surface area (Å²) in [4.78, 5) is 32.5. The molecular weight excluding hydrogens is 654 g/mol. The van der Waals surface area contributed by atoms with Crippen LogP contribution in [0.15, 0.2) is 30.3 Å². The van der Waals surface area contributed by atoms with E-state index in [4.69, 9.17) is 33.2 Å². The SMILES string of the molecule is CCN(CC)CCn1c2c(c3ccc(OC)cc31)CCN1C[C@H]3C[C@@H](OC(=O)c4cc(OC)c(OC)c(OC)c4)[C@H](OC)[C@@H](C(=O)OC)[C@H]3C[C@H]21. The van der Waals surface area contributed by atoms with Gasteiger partial charge in [-0.2, -0.15) is 0 Å². The van der Waals surface area contributed by atoms with E-state index in [9.17, 15) is 9.59 Å². The molecule has 2 fully saturated rings. The van der Waals surface area contributed by atoms with Crippen molar-refractivity contribution in [2.24, 2.45) is 17.8 Å². The van der Waals surface area contributed by atoms with Crippen molar-refractivity contribution in [3.05, 3.63) is 47.2 Å². The monoisotopic (exact) mass is 707 g/mol. The van der Waals surface area contributed by atoms with Crippen molar-refractivity contribution in [3.63, 3.8) is 0 Å². The molecule has 1 aromatic heterocycles. The Morgan fingerprint density at radius 3 is 2.24 bits per heavy atom. The minimum Gasteiger partial charge on any atom is -0.497 e. The third kappa shape index (κ3) is 6.73. The molecule has 0 N–H and O–H groups in total. The first-order valence-electron chi connectivity index (χ1n) is 18.0. The molecule has 0 radical (unpaired) electrons. The van der Waals surface area contributed by atoms with Gasteiger partial charge in [0.2, 0.25) is 5.75 Å². The van der Waals surface area contributed by atoms with Crippen LogP contribution in [0.1, 0.15) is 54.3 Å². The number of aromatic nitrogens is 1. The second-order valence-electron chi connectivity index (χ2n) is 13.7. The molecule has 12 nitrogen and oxygen atoms in total. The number of piperidine rings is 1. The summed E-state index contributed by atoms with van der Waals surface area (Å²) in [5, 5.41) is 1.27. The molecule has 51 heavy (non-hydrogen) atoms. The lowest BCUT2D eigenvalue weighted by molar-refractivity contribution is -0.176. The van der Waals surface area contributed by atoms with Gasteiger partial charge in [-0.25, -0.2) is 4.79 Å². The Balaban J connectivity index is 1.34. The Labute approximate surface area is 300 Å². The number of nitrogens with zero attached hydrogens (tertiary/aromatic N) is 3. The number of hydrogen-bond donors (Lipinski definition) is 0. The highest BCUT2D eigenvalue weighted by Gasteiger charge is 2.55. The average molecular weight is 708 g/mol. The smallest absolute Gasteiger partial charge is 0.338 e. The molecule has 3 aliphatic rings. The normalized spacial score (nSPS) is 24.3. The van der Waals surface area contributed by atoms with E-state index in [0.29, 0.717) is 23.7 Å². The number of carbonyl (C=O) groups excluding carboxylic acids is 2. The quantitative estimate of drug-likeness (QED) is 0.224. The summed E-state index contributed by atoms with van der Waals surface area (Å²) < 4.78 is 42.3. The standard InChI is InChI=1S/C39H53N3O9/c1-9-40(10-2)15-16-42-29-20-25(45-3)11-12-26(29)27-13-14-41-22-24-19-33(37(49-7)34(39(44)50-8)28(24)21-30(41)35(27)42)51-38(43)23-17-31(46-4)36(48-6)32(18-23)47-5/h11-12,17-18,20,24,28,30,33-34,37H,9-10,13-16,19,21-22H2,1-8H3/t24-,28+,30-,33-,34+,37+/m1/s1. The third-order valence-electron chi connectivity index (χ3n) is 11.6. The van der Waals surface area contributed by atoms with E-state index >= 15 is 0 Å². The highest BCUT2D eigenvalue weighted by Crippen LogP contribution is 2.51. The number of likely N-dealkylation sites (N-methyl/N-ethyl adjacent to an activating group) is 1. The number of fused-ring (bicyclic) bond motifs is 6. The van der Waals surface area contributed by atoms with Crippen LogP contribution in [-0.2, 0) is 32.0 Å². The van der Waals surface area contributed by atoms with Crippen LogP contribution in [0.4, 0.5) is 0 Å². The molecule has 3 heterocycles. The highest BCUT2D eigenvalue weighted by molar-refractivity contribution is 5.91. The van der Waals surface area contributed by atoms with Crippen LogP contribution >= 0.6 is 0 Å². The van der Waals surface area contributed by atoms with Crippen molar-refractivity contribution in [1.82, 2.24) is 14.4 Å². The van der Waals surface area contributed by atoms with Gasteiger partial charge >= 0.3 is 11.9 Å². The van der Waals surface area contributed by atoms with E-state index in [1.165, 1.54) is 50.6 Å². The molecule has 1 saturated carbocycles. The van der Waals surface area contributed by atoms with Crippen LogP contribution in [0.3, 0.4) is 0 Å². The van der Waals surface area contributed by atoms with Gasteiger partial charge in [-0.3, -0.25) is 9.69 Å². The molecule has 0 amide bonds. The summed E-state index contributed by atoms with van der Waals surface area (Å²) in [6.07, 6.45) is 0.911. The van der Waals surface area contributed by atoms with Gasteiger partial charge in [0, 0.05) is 50.4 Å². The second-order valence-corrected chi connectivity index (χ2v) is 13.7. The fourth-order valence-corrected chi connectivity index (χ4v) is 9.02. The van der Waals surface area contributed by atoms with Crippen molar-refractivity contribution in [3.8, 4) is 23.0 Å².